The molecule has 0 saturated carbocycles. The Labute approximate surface area is 134 Å². The van der Waals surface area contributed by atoms with E-state index in [0.29, 0.717) is 5.15 Å². The van der Waals surface area contributed by atoms with Crippen molar-refractivity contribution in [1.29, 1.82) is 0 Å². The Bertz CT molecular complexity index is 618. The van der Waals surface area contributed by atoms with Crippen molar-refractivity contribution in [2.75, 3.05) is 5.75 Å². The van der Waals surface area contributed by atoms with Crippen molar-refractivity contribution in [3.05, 3.63) is 58.4 Å². The van der Waals surface area contributed by atoms with Crippen molar-refractivity contribution in [1.82, 2.24) is 4.98 Å². The molecule has 2 aromatic rings. The van der Waals surface area contributed by atoms with Crippen molar-refractivity contribution >= 4 is 23.4 Å². The minimum Gasteiger partial charge on any atom is -0.388 e. The molecule has 110 valence electrons. The van der Waals surface area contributed by atoms with Crippen LogP contribution in [0.2, 0.25) is 5.15 Å². The second kappa shape index (κ2) is 6.82. The molecule has 21 heavy (non-hydrogen) atoms. The van der Waals surface area contributed by atoms with Gasteiger partial charge in [0.25, 0.3) is 0 Å². The number of aryl methyl sites for hydroxylation is 1. The summed E-state index contributed by atoms with van der Waals surface area (Å²) in [5.41, 5.74) is 3.25. The van der Waals surface area contributed by atoms with Gasteiger partial charge in [-0.1, -0.05) is 29.8 Å². The summed E-state index contributed by atoms with van der Waals surface area (Å²) in [7, 11) is 0. The smallest absolute Gasteiger partial charge is 0.132 e. The highest BCUT2D eigenvalue weighted by molar-refractivity contribution is 7.99. The molecule has 1 aliphatic carbocycles. The van der Waals surface area contributed by atoms with E-state index in [1.54, 1.807) is 0 Å². The van der Waals surface area contributed by atoms with Crippen LogP contribution in [0.4, 0.5) is 0 Å². The van der Waals surface area contributed by atoms with Gasteiger partial charge in [-0.25, -0.2) is 4.98 Å². The van der Waals surface area contributed by atoms with Crippen LogP contribution >= 0.6 is 23.4 Å². The van der Waals surface area contributed by atoms with E-state index in [1.807, 2.05) is 24.0 Å². The molecule has 0 aliphatic heterocycles. The number of aromatic nitrogens is 1. The number of nitrogens with zero attached hydrogens (tertiary/aromatic N) is 1. The number of fused-ring (bicyclic) bond motifs is 1. The monoisotopic (exact) mass is 319 g/mol. The molecule has 0 fully saturated rings. The third kappa shape index (κ3) is 3.42. The number of hydrogen-bond acceptors (Lipinski definition) is 3. The molecule has 1 aromatic carbocycles. The lowest BCUT2D eigenvalue weighted by atomic mass is 10.0. The van der Waals surface area contributed by atoms with Gasteiger partial charge in [0.1, 0.15) is 5.15 Å². The minimum atomic E-state index is -0.364. The number of aliphatic hydroxyl groups excluding tert-OH is 1. The third-order valence-corrected chi connectivity index (χ3v) is 5.28. The van der Waals surface area contributed by atoms with Gasteiger partial charge in [-0.15, -0.1) is 11.8 Å². The summed E-state index contributed by atoms with van der Waals surface area (Å²) in [6, 6.07) is 10.4. The lowest BCUT2D eigenvalue weighted by Crippen LogP contribution is -2.01. The first-order chi connectivity index (χ1) is 10.3. The van der Waals surface area contributed by atoms with Crippen LogP contribution in [-0.4, -0.2) is 15.8 Å². The molecule has 1 aliphatic rings. The van der Waals surface area contributed by atoms with Crippen LogP contribution in [0.3, 0.4) is 0 Å². The van der Waals surface area contributed by atoms with Gasteiger partial charge in [-0.05, 0) is 60.3 Å². The Morgan fingerprint density at radius 3 is 2.90 bits per heavy atom. The number of pyridine rings is 1. The summed E-state index contributed by atoms with van der Waals surface area (Å²) >= 11 is 7.99. The zero-order valence-corrected chi connectivity index (χ0v) is 13.3. The van der Waals surface area contributed by atoms with E-state index in [9.17, 15) is 5.11 Å². The highest BCUT2D eigenvalue weighted by atomic mass is 35.5. The van der Waals surface area contributed by atoms with Gasteiger partial charge in [-0.3, -0.25) is 0 Å². The van der Waals surface area contributed by atoms with Crippen LogP contribution in [0.5, 0.6) is 0 Å². The lowest BCUT2D eigenvalue weighted by Gasteiger charge is -2.12. The van der Waals surface area contributed by atoms with Crippen molar-refractivity contribution in [2.45, 2.75) is 36.7 Å². The Balaban J connectivity index is 1.60. The molecule has 0 bridgehead atoms. The van der Waals surface area contributed by atoms with Gasteiger partial charge in [0, 0.05) is 11.1 Å². The fraction of sp³-hybridized carbons (Fsp3) is 0.353. The van der Waals surface area contributed by atoms with E-state index in [2.05, 4.69) is 29.2 Å². The Morgan fingerprint density at radius 2 is 2.10 bits per heavy atom. The first-order valence-corrected chi connectivity index (χ1v) is 8.64. The molecule has 3 rings (SSSR count). The van der Waals surface area contributed by atoms with Crippen molar-refractivity contribution in [3.63, 3.8) is 0 Å². The Kier molecular flexibility index (Phi) is 4.84. The van der Waals surface area contributed by atoms with Crippen LogP contribution in [0.15, 0.2) is 41.4 Å². The predicted molar refractivity (Wildman–Crippen MR) is 88.0 cm³/mol. The van der Waals surface area contributed by atoms with Gasteiger partial charge >= 0.3 is 0 Å². The zero-order valence-electron chi connectivity index (χ0n) is 11.8. The normalized spacial score (nSPS) is 17.0. The lowest BCUT2D eigenvalue weighted by molar-refractivity contribution is 0.179. The molecule has 0 saturated heterocycles. The fourth-order valence-electron chi connectivity index (χ4n) is 2.83. The van der Waals surface area contributed by atoms with Crippen molar-refractivity contribution in [3.8, 4) is 0 Å². The second-order valence-corrected chi connectivity index (χ2v) is 6.81. The summed E-state index contributed by atoms with van der Waals surface area (Å²) in [6.07, 6.45) is 5.10. The molecule has 1 aromatic heterocycles. The fourth-order valence-corrected chi connectivity index (χ4v) is 3.95. The average molecular weight is 320 g/mol. The number of benzene rings is 1. The van der Waals surface area contributed by atoms with Crippen LogP contribution in [-0.2, 0) is 12.8 Å². The number of thioether (sulfide) groups is 1. The maximum atomic E-state index is 10.1. The van der Waals surface area contributed by atoms with Crippen LogP contribution in [0, 0.1) is 0 Å². The zero-order chi connectivity index (χ0) is 14.7. The van der Waals surface area contributed by atoms with E-state index < -0.39 is 0 Å². The molecular formula is C17H18ClNOS. The second-order valence-electron chi connectivity index (χ2n) is 5.29. The molecule has 1 unspecified atom stereocenters. The van der Waals surface area contributed by atoms with Gasteiger partial charge in [0.2, 0.25) is 0 Å². The van der Waals surface area contributed by atoms with Gasteiger partial charge in [-0.2, -0.15) is 0 Å². The van der Waals surface area contributed by atoms with Crippen LogP contribution in [0.1, 0.15) is 35.6 Å². The molecule has 0 amide bonds. The number of aliphatic hydroxyl groups is 1. The maximum absolute atomic E-state index is 10.1. The van der Waals surface area contributed by atoms with E-state index in [-0.39, 0.29) is 6.10 Å². The standard InChI is InChI=1S/C17H18ClNOS/c18-17-14-8-9-15(20)16(14)12(11-19-17)5-4-10-21-13-6-2-1-3-7-13/h1-3,6-7,11,15,20H,4-5,8-10H2. The highest BCUT2D eigenvalue weighted by Crippen LogP contribution is 2.37. The quantitative estimate of drug-likeness (QED) is 0.502. The molecule has 1 N–H and O–H groups in total. The summed E-state index contributed by atoms with van der Waals surface area (Å²) in [5, 5.41) is 10.7. The number of halogens is 1. The summed E-state index contributed by atoms with van der Waals surface area (Å²) in [5.74, 6) is 1.07. The summed E-state index contributed by atoms with van der Waals surface area (Å²) < 4.78 is 0. The Morgan fingerprint density at radius 1 is 1.29 bits per heavy atom. The van der Waals surface area contributed by atoms with E-state index >= 15 is 0 Å². The molecule has 0 radical (unpaired) electrons. The Hall–Kier alpha value is -1.03. The predicted octanol–water partition coefficient (Wildman–Crippen LogP) is 4.44. The maximum Gasteiger partial charge on any atom is 0.132 e. The third-order valence-electron chi connectivity index (χ3n) is 3.86. The van der Waals surface area contributed by atoms with Crippen LogP contribution < -0.4 is 0 Å². The van der Waals surface area contributed by atoms with E-state index in [1.165, 1.54) is 4.90 Å². The molecule has 2 nitrogen and oxygen atoms in total. The first-order valence-electron chi connectivity index (χ1n) is 7.28. The van der Waals surface area contributed by atoms with Gasteiger partial charge in [0.05, 0.1) is 6.10 Å². The average Bonchev–Trinajstić information content (AvgIpc) is 2.90. The van der Waals surface area contributed by atoms with Crippen molar-refractivity contribution in [2.24, 2.45) is 0 Å². The molecule has 1 atom stereocenters. The topological polar surface area (TPSA) is 33.1 Å². The first kappa shape index (κ1) is 14.9. The highest BCUT2D eigenvalue weighted by Gasteiger charge is 2.26. The van der Waals surface area contributed by atoms with Crippen LogP contribution in [0.25, 0.3) is 0 Å². The largest absolute Gasteiger partial charge is 0.388 e. The molecule has 1 heterocycles. The van der Waals surface area contributed by atoms with E-state index in [4.69, 9.17) is 11.6 Å². The molecular weight excluding hydrogens is 302 g/mol. The number of rotatable bonds is 5. The number of hydrogen-bond donors (Lipinski definition) is 1. The van der Waals surface area contributed by atoms with Gasteiger partial charge in [0.15, 0.2) is 0 Å². The van der Waals surface area contributed by atoms with E-state index in [0.717, 1.165) is 48.1 Å². The molecule has 0 spiro atoms. The summed E-state index contributed by atoms with van der Waals surface area (Å²) in [4.78, 5) is 5.57. The van der Waals surface area contributed by atoms with Crippen molar-refractivity contribution < 1.29 is 5.11 Å². The SMILES string of the molecule is OC1CCc2c(Cl)ncc(CCCSc3ccccc3)c21. The van der Waals surface area contributed by atoms with Gasteiger partial charge < -0.3 is 5.11 Å². The minimum absolute atomic E-state index is 0.364. The summed E-state index contributed by atoms with van der Waals surface area (Å²) in [6.45, 7) is 0. The molecule has 4 heteroatoms.